The van der Waals surface area contributed by atoms with Crippen molar-refractivity contribution in [1.82, 2.24) is 20.5 Å². The van der Waals surface area contributed by atoms with E-state index in [1.807, 2.05) is 51.1 Å². The molecule has 0 saturated carbocycles. The topological polar surface area (TPSA) is 89.1 Å². The van der Waals surface area contributed by atoms with Crippen LogP contribution in [0, 0.1) is 6.92 Å². The van der Waals surface area contributed by atoms with Crippen molar-refractivity contribution in [3.8, 4) is 11.5 Å². The molecule has 0 bridgehead atoms. The van der Waals surface area contributed by atoms with Crippen LogP contribution in [0.25, 0.3) is 0 Å². The first-order valence-electron chi connectivity index (χ1n) is 9.76. The van der Waals surface area contributed by atoms with Crippen LogP contribution in [0.5, 0.6) is 11.5 Å². The van der Waals surface area contributed by atoms with Gasteiger partial charge in [0.15, 0.2) is 17.3 Å². The lowest BCUT2D eigenvalue weighted by molar-refractivity contribution is 0.0941. The summed E-state index contributed by atoms with van der Waals surface area (Å²) < 4.78 is 11.4. The summed E-state index contributed by atoms with van der Waals surface area (Å²) in [6.45, 7) is 6.83. The highest BCUT2D eigenvalue weighted by Gasteiger charge is 2.22. The molecule has 0 saturated heterocycles. The summed E-state index contributed by atoms with van der Waals surface area (Å²) in [5.74, 6) is 2.14. The van der Waals surface area contributed by atoms with Crippen LogP contribution in [0.1, 0.15) is 53.9 Å². The average Bonchev–Trinajstić information content (AvgIpc) is 3.17. The van der Waals surface area contributed by atoms with E-state index in [-0.39, 0.29) is 5.91 Å². The fourth-order valence-corrected chi connectivity index (χ4v) is 2.89. The number of hydrogen-bond acceptors (Lipinski definition) is 5. The number of hydrogen-bond donors (Lipinski definition) is 2. The number of H-pyrrole nitrogens is 1. The van der Waals surface area contributed by atoms with Gasteiger partial charge in [0.25, 0.3) is 5.91 Å². The summed E-state index contributed by atoms with van der Waals surface area (Å²) in [6, 6.07) is 14.4. The van der Waals surface area contributed by atoms with Crippen molar-refractivity contribution >= 4 is 5.91 Å². The standard InChI is InChI=1S/C22H26N4O3/c1-4-13-29-18-12-11-17(14-19(18)28-5-2)22(27)24-20(16-9-7-6-8-10-16)21-23-15(3)25-26-21/h6-12,14,20H,4-5,13H2,1-3H3,(H,24,27)(H,23,25,26). The molecule has 1 unspecified atom stereocenters. The van der Waals surface area contributed by atoms with Crippen LogP contribution in [0.3, 0.4) is 0 Å². The van der Waals surface area contributed by atoms with Gasteiger partial charge in [-0.1, -0.05) is 37.3 Å². The van der Waals surface area contributed by atoms with Gasteiger partial charge in [0, 0.05) is 5.56 Å². The summed E-state index contributed by atoms with van der Waals surface area (Å²) in [5.41, 5.74) is 1.37. The summed E-state index contributed by atoms with van der Waals surface area (Å²) in [5, 5.41) is 10.1. The number of aryl methyl sites for hydroxylation is 1. The molecule has 7 heteroatoms. The molecule has 0 fully saturated rings. The molecule has 3 aromatic rings. The Morgan fingerprint density at radius 3 is 2.55 bits per heavy atom. The third kappa shape index (κ3) is 5.13. The Hall–Kier alpha value is -3.35. The number of benzene rings is 2. The Bertz CT molecular complexity index is 940. The van der Waals surface area contributed by atoms with Crippen molar-refractivity contribution < 1.29 is 14.3 Å². The number of ether oxygens (including phenoxy) is 2. The normalized spacial score (nSPS) is 11.7. The Kier molecular flexibility index (Phi) is 6.84. The van der Waals surface area contributed by atoms with E-state index < -0.39 is 6.04 Å². The van der Waals surface area contributed by atoms with Crippen LogP contribution in [0.2, 0.25) is 0 Å². The molecule has 1 aromatic heterocycles. The van der Waals surface area contributed by atoms with Crippen molar-refractivity contribution in [2.45, 2.75) is 33.2 Å². The molecular formula is C22H26N4O3. The maximum atomic E-state index is 13.0. The number of amides is 1. The average molecular weight is 394 g/mol. The number of nitrogens with one attached hydrogen (secondary N) is 2. The lowest BCUT2D eigenvalue weighted by atomic mass is 10.1. The van der Waals surface area contributed by atoms with E-state index in [0.29, 0.717) is 41.9 Å². The lowest BCUT2D eigenvalue weighted by Gasteiger charge is -2.17. The van der Waals surface area contributed by atoms with Crippen molar-refractivity contribution in [1.29, 1.82) is 0 Å². The Balaban J connectivity index is 1.86. The minimum atomic E-state index is -0.472. The molecule has 0 aliphatic carbocycles. The predicted octanol–water partition coefficient (Wildman–Crippen LogP) is 3.82. The van der Waals surface area contributed by atoms with Gasteiger partial charge in [-0.05, 0) is 44.0 Å². The molecule has 0 radical (unpaired) electrons. The first-order valence-corrected chi connectivity index (χ1v) is 9.76. The van der Waals surface area contributed by atoms with Crippen LogP contribution >= 0.6 is 0 Å². The van der Waals surface area contributed by atoms with Gasteiger partial charge >= 0.3 is 0 Å². The molecule has 152 valence electrons. The number of rotatable bonds is 9. The van der Waals surface area contributed by atoms with Crippen molar-refractivity contribution in [2.75, 3.05) is 13.2 Å². The summed E-state index contributed by atoms with van der Waals surface area (Å²) in [7, 11) is 0. The van der Waals surface area contributed by atoms with Crippen molar-refractivity contribution in [3.63, 3.8) is 0 Å². The number of aromatic amines is 1. The van der Waals surface area contributed by atoms with Gasteiger partial charge in [0.05, 0.1) is 13.2 Å². The number of nitrogens with zero attached hydrogens (tertiary/aromatic N) is 2. The summed E-state index contributed by atoms with van der Waals surface area (Å²) >= 11 is 0. The zero-order valence-electron chi connectivity index (χ0n) is 16.9. The highest BCUT2D eigenvalue weighted by molar-refractivity contribution is 5.95. The molecule has 7 nitrogen and oxygen atoms in total. The third-order valence-electron chi connectivity index (χ3n) is 4.25. The van der Waals surface area contributed by atoms with E-state index in [1.165, 1.54) is 0 Å². The predicted molar refractivity (Wildman–Crippen MR) is 110 cm³/mol. The highest BCUT2D eigenvalue weighted by Crippen LogP contribution is 2.29. The van der Waals surface area contributed by atoms with Gasteiger partial charge in [0.1, 0.15) is 11.9 Å². The van der Waals surface area contributed by atoms with E-state index >= 15 is 0 Å². The molecule has 1 amide bonds. The first-order chi connectivity index (χ1) is 14.1. The van der Waals surface area contributed by atoms with E-state index in [1.54, 1.807) is 18.2 Å². The zero-order chi connectivity index (χ0) is 20.6. The van der Waals surface area contributed by atoms with Gasteiger partial charge in [0.2, 0.25) is 0 Å². The SMILES string of the molecule is CCCOc1ccc(C(=O)NC(c2ccccc2)c2n[nH]c(C)n2)cc1OCC. The van der Waals surface area contributed by atoms with Crippen molar-refractivity contribution in [2.24, 2.45) is 0 Å². The monoisotopic (exact) mass is 394 g/mol. The fraction of sp³-hybridized carbons (Fsp3) is 0.318. The van der Waals surface area contributed by atoms with E-state index in [9.17, 15) is 4.79 Å². The smallest absolute Gasteiger partial charge is 0.252 e. The number of carbonyl (C=O) groups is 1. The molecule has 0 spiro atoms. The fourth-order valence-electron chi connectivity index (χ4n) is 2.89. The Morgan fingerprint density at radius 1 is 1.10 bits per heavy atom. The molecule has 2 aromatic carbocycles. The van der Waals surface area contributed by atoms with Crippen LogP contribution < -0.4 is 14.8 Å². The maximum Gasteiger partial charge on any atom is 0.252 e. The highest BCUT2D eigenvalue weighted by atomic mass is 16.5. The van der Waals surface area contributed by atoms with Crippen LogP contribution in [-0.4, -0.2) is 34.3 Å². The molecule has 1 heterocycles. The lowest BCUT2D eigenvalue weighted by Crippen LogP contribution is -2.30. The molecule has 2 N–H and O–H groups in total. The van der Waals surface area contributed by atoms with Gasteiger partial charge in [-0.2, -0.15) is 5.10 Å². The minimum absolute atomic E-state index is 0.246. The summed E-state index contributed by atoms with van der Waals surface area (Å²) in [4.78, 5) is 17.4. The van der Waals surface area contributed by atoms with Gasteiger partial charge < -0.3 is 14.8 Å². The quantitative estimate of drug-likeness (QED) is 0.576. The van der Waals surface area contributed by atoms with Crippen LogP contribution in [0.4, 0.5) is 0 Å². The maximum absolute atomic E-state index is 13.0. The van der Waals surface area contributed by atoms with E-state index in [4.69, 9.17) is 9.47 Å². The van der Waals surface area contributed by atoms with Crippen LogP contribution in [-0.2, 0) is 0 Å². The largest absolute Gasteiger partial charge is 0.490 e. The first kappa shape index (κ1) is 20.4. The Labute approximate surface area is 170 Å². The van der Waals surface area contributed by atoms with Gasteiger partial charge in [-0.25, -0.2) is 4.98 Å². The molecule has 0 aliphatic heterocycles. The molecule has 3 rings (SSSR count). The van der Waals surface area contributed by atoms with Crippen molar-refractivity contribution in [3.05, 3.63) is 71.3 Å². The van der Waals surface area contributed by atoms with Gasteiger partial charge in [-0.3, -0.25) is 9.89 Å². The van der Waals surface area contributed by atoms with E-state index in [0.717, 1.165) is 12.0 Å². The molecule has 0 aliphatic rings. The number of carbonyl (C=O) groups excluding carboxylic acids is 1. The van der Waals surface area contributed by atoms with Crippen LogP contribution in [0.15, 0.2) is 48.5 Å². The second-order valence-corrected chi connectivity index (χ2v) is 6.54. The molecule has 29 heavy (non-hydrogen) atoms. The zero-order valence-corrected chi connectivity index (χ0v) is 16.9. The minimum Gasteiger partial charge on any atom is -0.490 e. The second-order valence-electron chi connectivity index (χ2n) is 6.54. The summed E-state index contributed by atoms with van der Waals surface area (Å²) in [6.07, 6.45) is 0.892. The molecule has 1 atom stereocenters. The molecular weight excluding hydrogens is 368 g/mol. The number of aromatic nitrogens is 3. The third-order valence-corrected chi connectivity index (χ3v) is 4.25. The Morgan fingerprint density at radius 2 is 1.90 bits per heavy atom. The second kappa shape index (κ2) is 9.73. The van der Waals surface area contributed by atoms with Gasteiger partial charge in [-0.15, -0.1) is 0 Å². The van der Waals surface area contributed by atoms with E-state index in [2.05, 4.69) is 20.5 Å².